The lowest BCUT2D eigenvalue weighted by atomic mass is 10.1. The average molecular weight is 341 g/mol. The van der Waals surface area contributed by atoms with Gasteiger partial charge in [0, 0.05) is 26.2 Å². The minimum atomic E-state index is 1.01. The van der Waals surface area contributed by atoms with Gasteiger partial charge in [-0.25, -0.2) is 0 Å². The number of rotatable bonds is 4. The monoisotopic (exact) mass is 340 g/mol. The van der Waals surface area contributed by atoms with Crippen LogP contribution in [0.2, 0.25) is 0 Å². The van der Waals surface area contributed by atoms with Gasteiger partial charge in [-0.2, -0.15) is 0 Å². The fraction of sp³-hybridized carbons (Fsp3) is 0.652. The van der Waals surface area contributed by atoms with Crippen LogP contribution in [-0.2, 0) is 6.54 Å². The molecule has 0 radical (unpaired) electrons. The Morgan fingerprint density at radius 2 is 1.64 bits per heavy atom. The first-order valence-corrected chi connectivity index (χ1v) is 10.4. The van der Waals surface area contributed by atoms with Crippen molar-refractivity contribution >= 4 is 0 Å². The third-order valence-corrected chi connectivity index (χ3v) is 5.64. The Balaban J connectivity index is 1.56. The van der Waals surface area contributed by atoms with Crippen molar-refractivity contribution in [2.45, 2.75) is 58.4 Å². The molecular formula is C23H36N2. The van der Waals surface area contributed by atoms with Crippen LogP contribution in [0, 0.1) is 12.8 Å². The first-order valence-electron chi connectivity index (χ1n) is 10.4. The van der Waals surface area contributed by atoms with Crippen LogP contribution in [0.5, 0.6) is 0 Å². The zero-order valence-electron chi connectivity index (χ0n) is 16.2. The zero-order valence-corrected chi connectivity index (χ0v) is 16.2. The van der Waals surface area contributed by atoms with Gasteiger partial charge >= 0.3 is 0 Å². The van der Waals surface area contributed by atoms with Gasteiger partial charge < -0.3 is 4.90 Å². The quantitative estimate of drug-likeness (QED) is 0.709. The van der Waals surface area contributed by atoms with E-state index < -0.39 is 0 Å². The van der Waals surface area contributed by atoms with Crippen LogP contribution >= 0.6 is 0 Å². The van der Waals surface area contributed by atoms with Crippen molar-refractivity contribution in [3.63, 3.8) is 0 Å². The molecule has 3 rings (SSSR count). The number of nitrogens with zero attached hydrogens (tertiary/aromatic N) is 2. The molecule has 1 saturated carbocycles. The normalized spacial score (nSPS) is 22.4. The Bertz CT molecular complexity index is 530. The van der Waals surface area contributed by atoms with Gasteiger partial charge in [-0.3, -0.25) is 4.90 Å². The second-order valence-electron chi connectivity index (χ2n) is 8.35. The summed E-state index contributed by atoms with van der Waals surface area (Å²) in [5, 5.41) is 0. The third-order valence-electron chi connectivity index (χ3n) is 5.64. The first-order chi connectivity index (χ1) is 12.2. The first kappa shape index (κ1) is 18.7. The van der Waals surface area contributed by atoms with E-state index in [1.165, 1.54) is 87.8 Å². The lowest BCUT2D eigenvalue weighted by Gasteiger charge is -2.28. The Hall–Kier alpha value is -1.12. The average Bonchev–Trinajstić information content (AvgIpc) is 3.39. The highest BCUT2D eigenvalue weighted by Crippen LogP contribution is 2.30. The number of hydrogen-bond donors (Lipinski definition) is 0. The molecule has 0 unspecified atom stereocenters. The second kappa shape index (κ2) is 9.54. The summed E-state index contributed by atoms with van der Waals surface area (Å²) in [4.78, 5) is 5.36. The summed E-state index contributed by atoms with van der Waals surface area (Å²) in [7, 11) is 0. The van der Waals surface area contributed by atoms with Crippen LogP contribution in [0.25, 0.3) is 0 Å². The lowest BCUT2D eigenvalue weighted by Crippen LogP contribution is -2.33. The molecule has 1 saturated heterocycles. The van der Waals surface area contributed by atoms with Crippen molar-refractivity contribution in [3.8, 4) is 0 Å². The topological polar surface area (TPSA) is 6.48 Å². The Morgan fingerprint density at radius 1 is 0.920 bits per heavy atom. The molecule has 2 fully saturated rings. The van der Waals surface area contributed by atoms with Crippen molar-refractivity contribution in [3.05, 3.63) is 47.5 Å². The lowest BCUT2D eigenvalue weighted by molar-refractivity contribution is 0.217. The fourth-order valence-electron chi connectivity index (χ4n) is 3.93. The summed E-state index contributed by atoms with van der Waals surface area (Å²) in [5.41, 5.74) is 4.19. The molecule has 2 nitrogen and oxygen atoms in total. The van der Waals surface area contributed by atoms with Crippen molar-refractivity contribution < 1.29 is 0 Å². The SMILES string of the molecule is C=C1CCCCCN(CC2CC2)CCCN(Cc2ccc(C)cc2)C1. The van der Waals surface area contributed by atoms with E-state index in [1.54, 1.807) is 0 Å². The highest BCUT2D eigenvalue weighted by molar-refractivity contribution is 5.21. The van der Waals surface area contributed by atoms with Crippen molar-refractivity contribution in [1.82, 2.24) is 9.80 Å². The van der Waals surface area contributed by atoms with E-state index in [0.717, 1.165) is 19.0 Å². The minimum absolute atomic E-state index is 1.01. The van der Waals surface area contributed by atoms with Crippen LogP contribution in [0.4, 0.5) is 0 Å². The van der Waals surface area contributed by atoms with Crippen LogP contribution in [0.3, 0.4) is 0 Å². The van der Waals surface area contributed by atoms with Gasteiger partial charge in [0.15, 0.2) is 0 Å². The Labute approximate surface area is 154 Å². The molecule has 1 aliphatic heterocycles. The summed E-state index contributed by atoms with van der Waals surface area (Å²) in [6.07, 6.45) is 9.46. The van der Waals surface area contributed by atoms with Gasteiger partial charge in [0.2, 0.25) is 0 Å². The van der Waals surface area contributed by atoms with E-state index in [-0.39, 0.29) is 0 Å². The standard InChI is InChI=1S/C23H36N2/c1-20-8-10-22(11-9-20)19-25-16-6-15-24(18-23-12-13-23)14-5-3-4-7-21(2)17-25/h8-11,23H,2-7,12-19H2,1H3. The van der Waals surface area contributed by atoms with Crippen LogP contribution in [0.1, 0.15) is 56.1 Å². The molecule has 0 aromatic heterocycles. The van der Waals surface area contributed by atoms with Gasteiger partial charge in [0.05, 0.1) is 0 Å². The van der Waals surface area contributed by atoms with E-state index in [4.69, 9.17) is 0 Å². The predicted octanol–water partition coefficient (Wildman–Crippen LogP) is 5.03. The summed E-state index contributed by atoms with van der Waals surface area (Å²) in [6.45, 7) is 13.8. The van der Waals surface area contributed by atoms with E-state index in [2.05, 4.69) is 47.6 Å². The van der Waals surface area contributed by atoms with Gasteiger partial charge in [-0.05, 0) is 70.0 Å². The smallest absolute Gasteiger partial charge is 0.0237 e. The summed E-state index contributed by atoms with van der Waals surface area (Å²) in [6, 6.07) is 9.04. The van der Waals surface area contributed by atoms with Crippen molar-refractivity contribution in [2.24, 2.45) is 5.92 Å². The molecule has 2 heteroatoms. The van der Waals surface area contributed by atoms with E-state index in [9.17, 15) is 0 Å². The van der Waals surface area contributed by atoms with Gasteiger partial charge in [0.25, 0.3) is 0 Å². The maximum atomic E-state index is 4.36. The Morgan fingerprint density at radius 3 is 2.40 bits per heavy atom. The second-order valence-corrected chi connectivity index (χ2v) is 8.35. The molecule has 0 N–H and O–H groups in total. The van der Waals surface area contributed by atoms with Gasteiger partial charge in [0.1, 0.15) is 0 Å². The molecule has 2 aliphatic rings. The fourth-order valence-corrected chi connectivity index (χ4v) is 3.93. The van der Waals surface area contributed by atoms with Crippen LogP contribution in [-0.4, -0.2) is 42.5 Å². The number of hydrogen-bond acceptors (Lipinski definition) is 2. The highest BCUT2D eigenvalue weighted by atomic mass is 15.1. The summed E-state index contributed by atoms with van der Waals surface area (Å²) >= 11 is 0. The molecular weight excluding hydrogens is 304 g/mol. The molecule has 138 valence electrons. The van der Waals surface area contributed by atoms with Crippen LogP contribution < -0.4 is 0 Å². The van der Waals surface area contributed by atoms with E-state index in [0.29, 0.717) is 0 Å². The summed E-state index contributed by atoms with van der Waals surface area (Å²) < 4.78 is 0. The largest absolute Gasteiger partial charge is 0.303 e. The molecule has 1 aromatic rings. The molecule has 25 heavy (non-hydrogen) atoms. The maximum absolute atomic E-state index is 4.36. The van der Waals surface area contributed by atoms with Crippen LogP contribution in [0.15, 0.2) is 36.4 Å². The van der Waals surface area contributed by atoms with Gasteiger partial charge in [-0.15, -0.1) is 0 Å². The third kappa shape index (κ3) is 6.95. The van der Waals surface area contributed by atoms with Crippen molar-refractivity contribution in [2.75, 3.05) is 32.7 Å². The molecule has 1 aliphatic carbocycles. The van der Waals surface area contributed by atoms with E-state index in [1.807, 2.05) is 0 Å². The highest BCUT2D eigenvalue weighted by Gasteiger charge is 2.24. The maximum Gasteiger partial charge on any atom is 0.0237 e. The number of aryl methyl sites for hydroxylation is 1. The zero-order chi connectivity index (χ0) is 17.5. The molecule has 0 amide bonds. The molecule has 0 spiro atoms. The van der Waals surface area contributed by atoms with E-state index >= 15 is 0 Å². The predicted molar refractivity (Wildman–Crippen MR) is 108 cm³/mol. The molecule has 0 atom stereocenters. The van der Waals surface area contributed by atoms with Gasteiger partial charge in [-0.1, -0.05) is 48.4 Å². The van der Waals surface area contributed by atoms with Crippen molar-refractivity contribution in [1.29, 1.82) is 0 Å². The molecule has 0 bridgehead atoms. The minimum Gasteiger partial charge on any atom is -0.303 e. The molecule has 1 heterocycles. The number of benzene rings is 1. The Kier molecular flexibility index (Phi) is 7.12. The molecule has 1 aromatic carbocycles. The summed E-state index contributed by atoms with van der Waals surface area (Å²) in [5.74, 6) is 1.01.